The first kappa shape index (κ1) is 14.3. The third-order valence-corrected chi connectivity index (χ3v) is 5.82. The molecule has 3 aliphatic rings. The van der Waals surface area contributed by atoms with E-state index in [2.05, 4.69) is 17.5 Å². The fraction of sp³-hybridized carbons (Fsp3) is 0.278. The van der Waals surface area contributed by atoms with Crippen molar-refractivity contribution < 1.29 is 4.79 Å². The first-order valence-corrected chi connectivity index (χ1v) is 8.78. The van der Waals surface area contributed by atoms with Crippen LogP contribution in [0.4, 0.5) is 0 Å². The summed E-state index contributed by atoms with van der Waals surface area (Å²) >= 11 is 7.84. The monoisotopic (exact) mass is 329 g/mol. The Morgan fingerprint density at radius 3 is 2.82 bits per heavy atom. The van der Waals surface area contributed by atoms with Crippen LogP contribution in [0.25, 0.3) is 5.57 Å². The second kappa shape index (κ2) is 5.41. The Labute approximate surface area is 139 Å². The molecule has 1 aromatic carbocycles. The third-order valence-electron chi connectivity index (χ3n) is 4.70. The van der Waals surface area contributed by atoms with Gasteiger partial charge in [-0.3, -0.25) is 4.79 Å². The molecular weight excluding hydrogens is 314 g/mol. The van der Waals surface area contributed by atoms with Crippen LogP contribution in [0.15, 0.2) is 52.3 Å². The molecule has 1 fully saturated rings. The van der Waals surface area contributed by atoms with Crippen LogP contribution in [0, 0.1) is 5.41 Å². The Kier molecular flexibility index (Phi) is 3.52. The van der Waals surface area contributed by atoms with Crippen molar-refractivity contribution in [2.45, 2.75) is 17.7 Å². The van der Waals surface area contributed by atoms with Gasteiger partial charge in [-0.1, -0.05) is 35.5 Å². The van der Waals surface area contributed by atoms with Crippen molar-refractivity contribution in [2.24, 2.45) is 5.41 Å². The smallest absolute Gasteiger partial charge is 0.174 e. The Bertz CT molecular complexity index is 741. The number of benzene rings is 1. The van der Waals surface area contributed by atoms with Gasteiger partial charge in [0, 0.05) is 21.1 Å². The van der Waals surface area contributed by atoms with E-state index in [1.165, 1.54) is 0 Å². The first-order chi connectivity index (χ1) is 10.7. The Morgan fingerprint density at radius 1 is 1.18 bits per heavy atom. The number of carbonyl (C=O) groups is 1. The van der Waals surface area contributed by atoms with Crippen molar-refractivity contribution in [1.82, 2.24) is 5.32 Å². The lowest BCUT2D eigenvalue weighted by molar-refractivity contribution is -0.121. The van der Waals surface area contributed by atoms with Crippen LogP contribution in [0.5, 0.6) is 0 Å². The Hall–Kier alpha value is -1.29. The number of fused-ring (bicyclic) bond motifs is 2. The van der Waals surface area contributed by atoms with Gasteiger partial charge in [0.25, 0.3) is 0 Å². The zero-order chi connectivity index (χ0) is 15.2. The van der Waals surface area contributed by atoms with Crippen LogP contribution in [-0.2, 0) is 4.79 Å². The molecule has 0 bridgehead atoms. The SMILES string of the molecule is O=C1C2=C(C=CSc3ccc(Cl)cc32)C=CC12CCNCC2. The van der Waals surface area contributed by atoms with E-state index in [1.54, 1.807) is 11.8 Å². The highest BCUT2D eigenvalue weighted by Crippen LogP contribution is 2.46. The standard InChI is InChI=1S/C18H16ClNOS/c19-13-1-2-15-14(11-13)16-12(4-10-22-15)3-5-18(17(16)21)6-8-20-9-7-18/h1-5,10-11,20H,6-9H2. The molecule has 22 heavy (non-hydrogen) atoms. The number of hydrogen-bond acceptors (Lipinski definition) is 3. The van der Waals surface area contributed by atoms with E-state index >= 15 is 0 Å². The molecule has 1 spiro atoms. The summed E-state index contributed by atoms with van der Waals surface area (Å²) in [6, 6.07) is 5.82. The van der Waals surface area contributed by atoms with Crippen molar-refractivity contribution in [2.75, 3.05) is 13.1 Å². The number of allylic oxidation sites excluding steroid dienone is 5. The largest absolute Gasteiger partial charge is 0.317 e. The maximum absolute atomic E-state index is 13.3. The second-order valence-electron chi connectivity index (χ2n) is 5.96. The number of nitrogens with one attached hydrogen (secondary N) is 1. The predicted octanol–water partition coefficient (Wildman–Crippen LogP) is 4.22. The summed E-state index contributed by atoms with van der Waals surface area (Å²) in [4.78, 5) is 14.4. The van der Waals surface area contributed by atoms with Gasteiger partial charge in [0.05, 0.1) is 5.41 Å². The zero-order valence-corrected chi connectivity index (χ0v) is 13.6. The number of carbonyl (C=O) groups excluding carboxylic acids is 1. The zero-order valence-electron chi connectivity index (χ0n) is 12.1. The van der Waals surface area contributed by atoms with Crippen molar-refractivity contribution >= 4 is 34.7 Å². The van der Waals surface area contributed by atoms with E-state index in [9.17, 15) is 4.79 Å². The van der Waals surface area contributed by atoms with Crippen LogP contribution in [0.1, 0.15) is 18.4 Å². The predicted molar refractivity (Wildman–Crippen MR) is 92.1 cm³/mol. The lowest BCUT2D eigenvalue weighted by Crippen LogP contribution is -2.42. The van der Waals surface area contributed by atoms with Gasteiger partial charge in [0.15, 0.2) is 5.78 Å². The van der Waals surface area contributed by atoms with Gasteiger partial charge in [0.2, 0.25) is 0 Å². The van der Waals surface area contributed by atoms with E-state index in [4.69, 9.17) is 11.6 Å². The molecule has 1 aliphatic carbocycles. The molecule has 112 valence electrons. The van der Waals surface area contributed by atoms with Crippen molar-refractivity contribution in [1.29, 1.82) is 0 Å². The normalized spacial score (nSPS) is 22.5. The lowest BCUT2D eigenvalue weighted by Gasteiger charge is -2.37. The summed E-state index contributed by atoms with van der Waals surface area (Å²) < 4.78 is 0. The second-order valence-corrected chi connectivity index (χ2v) is 7.34. The molecule has 0 radical (unpaired) electrons. The maximum atomic E-state index is 13.3. The van der Waals surface area contributed by atoms with Gasteiger partial charge in [-0.15, -0.1) is 0 Å². The van der Waals surface area contributed by atoms with E-state index in [0.717, 1.165) is 47.5 Å². The van der Waals surface area contributed by atoms with Gasteiger partial charge in [-0.05, 0) is 61.2 Å². The molecule has 0 saturated carbocycles. The highest BCUT2D eigenvalue weighted by Gasteiger charge is 2.42. The lowest BCUT2D eigenvalue weighted by atomic mass is 9.68. The van der Waals surface area contributed by atoms with Crippen molar-refractivity contribution in [3.8, 4) is 0 Å². The highest BCUT2D eigenvalue weighted by atomic mass is 35.5. The minimum absolute atomic E-state index is 0.252. The summed E-state index contributed by atoms with van der Waals surface area (Å²) in [5, 5.41) is 6.07. The number of halogens is 1. The molecule has 2 heterocycles. The minimum atomic E-state index is -0.341. The fourth-order valence-electron chi connectivity index (χ4n) is 3.45. The number of Topliss-reactive ketones (excluding diaryl/α,β-unsaturated/α-hetero) is 1. The summed E-state index contributed by atoms with van der Waals surface area (Å²) in [6.45, 7) is 1.79. The topological polar surface area (TPSA) is 29.1 Å². The van der Waals surface area contributed by atoms with Crippen LogP contribution in [0.2, 0.25) is 5.02 Å². The first-order valence-electron chi connectivity index (χ1n) is 7.52. The highest BCUT2D eigenvalue weighted by molar-refractivity contribution is 8.02. The Morgan fingerprint density at radius 2 is 2.00 bits per heavy atom. The number of piperidine rings is 1. The molecule has 1 aromatic rings. The number of thioether (sulfide) groups is 1. The van der Waals surface area contributed by atoms with Gasteiger partial charge in [-0.25, -0.2) is 0 Å². The molecule has 0 aromatic heterocycles. The fourth-order valence-corrected chi connectivity index (χ4v) is 4.42. The molecule has 1 N–H and O–H groups in total. The van der Waals surface area contributed by atoms with E-state index < -0.39 is 0 Å². The molecule has 0 amide bonds. The molecule has 2 nitrogen and oxygen atoms in total. The van der Waals surface area contributed by atoms with Crippen LogP contribution < -0.4 is 5.32 Å². The maximum Gasteiger partial charge on any atom is 0.174 e. The molecular formula is C18H16ClNOS. The molecule has 1 saturated heterocycles. The summed E-state index contributed by atoms with van der Waals surface area (Å²) in [5.74, 6) is 0.252. The molecule has 0 atom stereocenters. The van der Waals surface area contributed by atoms with Crippen LogP contribution in [-0.4, -0.2) is 18.9 Å². The molecule has 4 heteroatoms. The van der Waals surface area contributed by atoms with Crippen molar-refractivity contribution in [3.05, 3.63) is 58.0 Å². The number of hydrogen-bond donors (Lipinski definition) is 1. The van der Waals surface area contributed by atoms with Gasteiger partial charge in [0.1, 0.15) is 0 Å². The summed E-state index contributed by atoms with van der Waals surface area (Å²) in [6.07, 6.45) is 8.02. The van der Waals surface area contributed by atoms with E-state index in [1.807, 2.05) is 29.7 Å². The summed E-state index contributed by atoms with van der Waals surface area (Å²) in [5.41, 5.74) is 2.47. The van der Waals surface area contributed by atoms with Crippen LogP contribution >= 0.6 is 23.4 Å². The van der Waals surface area contributed by atoms with Gasteiger partial charge >= 0.3 is 0 Å². The molecule has 0 unspecified atom stereocenters. The van der Waals surface area contributed by atoms with Gasteiger partial charge < -0.3 is 5.32 Å². The van der Waals surface area contributed by atoms with Gasteiger partial charge in [-0.2, -0.15) is 0 Å². The van der Waals surface area contributed by atoms with Crippen LogP contribution in [0.3, 0.4) is 0 Å². The molecule has 2 aliphatic heterocycles. The summed E-state index contributed by atoms with van der Waals surface area (Å²) in [7, 11) is 0. The van der Waals surface area contributed by atoms with E-state index in [0.29, 0.717) is 5.02 Å². The molecule has 4 rings (SSSR count). The number of rotatable bonds is 0. The van der Waals surface area contributed by atoms with Crippen molar-refractivity contribution in [3.63, 3.8) is 0 Å². The minimum Gasteiger partial charge on any atom is -0.317 e. The Balaban J connectivity index is 1.88. The average Bonchev–Trinajstić information content (AvgIpc) is 2.71. The van der Waals surface area contributed by atoms with E-state index in [-0.39, 0.29) is 11.2 Å². The average molecular weight is 330 g/mol. The quantitative estimate of drug-likeness (QED) is 0.772. The third kappa shape index (κ3) is 2.19. The number of ketones is 1.